The highest BCUT2D eigenvalue weighted by Crippen LogP contribution is 2.21. The van der Waals surface area contributed by atoms with Crippen molar-refractivity contribution < 1.29 is 19.1 Å². The molecule has 0 heterocycles. The zero-order valence-corrected chi connectivity index (χ0v) is 13.2. The van der Waals surface area contributed by atoms with E-state index in [1.165, 1.54) is 14.0 Å². The van der Waals surface area contributed by atoms with Crippen LogP contribution in [-0.4, -0.2) is 37.8 Å². The van der Waals surface area contributed by atoms with Gasteiger partial charge >= 0.3 is 0 Å². The normalized spacial score (nSPS) is 9.95. The van der Waals surface area contributed by atoms with Crippen molar-refractivity contribution in [3.8, 4) is 5.75 Å². The average molecular weight is 306 g/mol. The van der Waals surface area contributed by atoms with E-state index in [9.17, 15) is 14.4 Å². The molecule has 6 nitrogen and oxygen atoms in total. The Labute approximate surface area is 130 Å². The molecule has 2 amide bonds. The Hall–Kier alpha value is -2.37. The van der Waals surface area contributed by atoms with Crippen LogP contribution in [0.1, 0.15) is 35.7 Å². The molecule has 0 unspecified atom stereocenters. The smallest absolute Gasteiger partial charge is 0.220 e. The van der Waals surface area contributed by atoms with Gasteiger partial charge in [0.2, 0.25) is 11.8 Å². The number of ketones is 1. The van der Waals surface area contributed by atoms with Crippen LogP contribution in [0.3, 0.4) is 0 Å². The Morgan fingerprint density at radius 1 is 1.09 bits per heavy atom. The third kappa shape index (κ3) is 5.95. The zero-order chi connectivity index (χ0) is 16.5. The van der Waals surface area contributed by atoms with E-state index in [0.717, 1.165) is 5.56 Å². The third-order valence-corrected chi connectivity index (χ3v) is 3.06. The lowest BCUT2D eigenvalue weighted by atomic mass is 10.0. The van der Waals surface area contributed by atoms with Gasteiger partial charge in [0.25, 0.3) is 0 Å². The Kier molecular flexibility index (Phi) is 7.08. The first-order valence-corrected chi connectivity index (χ1v) is 7.13. The van der Waals surface area contributed by atoms with Crippen molar-refractivity contribution in [3.63, 3.8) is 0 Å². The van der Waals surface area contributed by atoms with Gasteiger partial charge in [0, 0.05) is 32.9 Å². The molecule has 120 valence electrons. The van der Waals surface area contributed by atoms with Crippen LogP contribution in [0.2, 0.25) is 0 Å². The van der Waals surface area contributed by atoms with Crippen molar-refractivity contribution in [2.45, 2.75) is 26.7 Å². The van der Waals surface area contributed by atoms with E-state index >= 15 is 0 Å². The molecule has 0 fully saturated rings. The maximum Gasteiger partial charge on any atom is 0.220 e. The standard InChI is InChI=1S/C16H22N2O4/c1-11-4-6-15(22-3)13(10-11)14(20)5-7-16(21)18-9-8-17-12(2)19/h4,6,10H,5,7-9H2,1-3H3,(H,17,19)(H,18,21). The van der Waals surface area contributed by atoms with E-state index < -0.39 is 0 Å². The number of aryl methyl sites for hydroxylation is 1. The summed E-state index contributed by atoms with van der Waals surface area (Å²) in [5.41, 5.74) is 1.46. The predicted molar refractivity (Wildman–Crippen MR) is 83.0 cm³/mol. The lowest BCUT2D eigenvalue weighted by Crippen LogP contribution is -2.33. The Balaban J connectivity index is 2.44. The summed E-state index contributed by atoms with van der Waals surface area (Å²) in [5, 5.41) is 5.22. The van der Waals surface area contributed by atoms with Gasteiger partial charge in [-0.2, -0.15) is 0 Å². The van der Waals surface area contributed by atoms with Crippen molar-refractivity contribution in [2.24, 2.45) is 0 Å². The van der Waals surface area contributed by atoms with Crippen LogP contribution >= 0.6 is 0 Å². The Morgan fingerprint density at radius 2 is 1.77 bits per heavy atom. The van der Waals surface area contributed by atoms with Crippen LogP contribution in [-0.2, 0) is 9.59 Å². The molecule has 1 aromatic carbocycles. The second kappa shape index (κ2) is 8.81. The summed E-state index contributed by atoms with van der Waals surface area (Å²) >= 11 is 0. The molecule has 1 aromatic rings. The summed E-state index contributed by atoms with van der Waals surface area (Å²) < 4.78 is 5.17. The Morgan fingerprint density at radius 3 is 2.41 bits per heavy atom. The number of rotatable bonds is 8. The predicted octanol–water partition coefficient (Wildman–Crippen LogP) is 1.22. The fourth-order valence-electron chi connectivity index (χ4n) is 1.93. The maximum absolute atomic E-state index is 12.2. The first kappa shape index (κ1) is 17.7. The molecule has 2 N–H and O–H groups in total. The molecule has 0 aliphatic heterocycles. The van der Waals surface area contributed by atoms with E-state index in [1.807, 2.05) is 13.0 Å². The zero-order valence-electron chi connectivity index (χ0n) is 13.2. The molecule has 0 aliphatic carbocycles. The highest BCUT2D eigenvalue weighted by molar-refractivity contribution is 6.00. The maximum atomic E-state index is 12.2. The van der Waals surface area contributed by atoms with Crippen LogP contribution in [0, 0.1) is 6.92 Å². The largest absolute Gasteiger partial charge is 0.496 e. The number of ether oxygens (including phenoxy) is 1. The number of hydrogen-bond acceptors (Lipinski definition) is 4. The molecule has 1 rings (SSSR count). The molecular weight excluding hydrogens is 284 g/mol. The molecule has 0 bridgehead atoms. The van der Waals surface area contributed by atoms with Gasteiger partial charge in [-0.1, -0.05) is 11.6 Å². The molecular formula is C16H22N2O4. The molecule has 6 heteroatoms. The first-order chi connectivity index (χ1) is 10.4. The van der Waals surface area contributed by atoms with E-state index in [-0.39, 0.29) is 30.4 Å². The van der Waals surface area contributed by atoms with Crippen LogP contribution in [0.5, 0.6) is 5.75 Å². The van der Waals surface area contributed by atoms with Crippen molar-refractivity contribution in [1.29, 1.82) is 0 Å². The summed E-state index contributed by atoms with van der Waals surface area (Å²) in [4.78, 5) is 34.5. The lowest BCUT2D eigenvalue weighted by Gasteiger charge is -2.09. The monoisotopic (exact) mass is 306 g/mol. The molecule has 22 heavy (non-hydrogen) atoms. The number of carbonyl (C=O) groups is 3. The van der Waals surface area contributed by atoms with Gasteiger partial charge in [-0.25, -0.2) is 0 Å². The van der Waals surface area contributed by atoms with Crippen LogP contribution in [0.15, 0.2) is 18.2 Å². The lowest BCUT2D eigenvalue weighted by molar-refractivity contribution is -0.122. The van der Waals surface area contributed by atoms with E-state index in [1.54, 1.807) is 12.1 Å². The fraction of sp³-hybridized carbons (Fsp3) is 0.438. The minimum atomic E-state index is -0.217. The van der Waals surface area contributed by atoms with Gasteiger partial charge in [0.1, 0.15) is 5.75 Å². The second-order valence-corrected chi connectivity index (χ2v) is 4.96. The van der Waals surface area contributed by atoms with E-state index in [0.29, 0.717) is 24.4 Å². The molecule has 0 aliphatic rings. The van der Waals surface area contributed by atoms with Crippen molar-refractivity contribution in [1.82, 2.24) is 10.6 Å². The van der Waals surface area contributed by atoms with Gasteiger partial charge in [-0.15, -0.1) is 0 Å². The summed E-state index contributed by atoms with van der Waals surface area (Å²) in [6.07, 6.45) is 0.224. The number of hydrogen-bond donors (Lipinski definition) is 2. The molecule has 0 atom stereocenters. The number of Topliss-reactive ketones (excluding diaryl/α,β-unsaturated/α-hetero) is 1. The topological polar surface area (TPSA) is 84.5 Å². The minimum absolute atomic E-state index is 0.107. The summed E-state index contributed by atoms with van der Waals surface area (Å²) in [5.74, 6) is 0.0283. The van der Waals surface area contributed by atoms with Gasteiger partial charge < -0.3 is 15.4 Å². The number of amides is 2. The van der Waals surface area contributed by atoms with Gasteiger partial charge in [-0.3, -0.25) is 14.4 Å². The van der Waals surface area contributed by atoms with Crippen LogP contribution in [0.4, 0.5) is 0 Å². The fourth-order valence-corrected chi connectivity index (χ4v) is 1.93. The molecule has 0 spiro atoms. The first-order valence-electron chi connectivity index (χ1n) is 7.13. The van der Waals surface area contributed by atoms with Gasteiger partial charge in [0.15, 0.2) is 5.78 Å². The highest BCUT2D eigenvalue weighted by Gasteiger charge is 2.14. The van der Waals surface area contributed by atoms with Crippen LogP contribution in [0.25, 0.3) is 0 Å². The second-order valence-electron chi connectivity index (χ2n) is 4.96. The minimum Gasteiger partial charge on any atom is -0.496 e. The van der Waals surface area contributed by atoms with Crippen molar-refractivity contribution in [3.05, 3.63) is 29.3 Å². The highest BCUT2D eigenvalue weighted by atomic mass is 16.5. The average Bonchev–Trinajstić information content (AvgIpc) is 2.49. The number of nitrogens with one attached hydrogen (secondary N) is 2. The van der Waals surface area contributed by atoms with Crippen molar-refractivity contribution in [2.75, 3.05) is 20.2 Å². The Bertz CT molecular complexity index is 555. The van der Waals surface area contributed by atoms with E-state index in [2.05, 4.69) is 10.6 Å². The molecule has 0 aromatic heterocycles. The third-order valence-electron chi connectivity index (χ3n) is 3.06. The van der Waals surface area contributed by atoms with E-state index in [4.69, 9.17) is 4.74 Å². The molecule has 0 saturated carbocycles. The number of methoxy groups -OCH3 is 1. The molecule has 0 saturated heterocycles. The summed E-state index contributed by atoms with van der Waals surface area (Å²) in [6, 6.07) is 5.37. The summed E-state index contributed by atoms with van der Waals surface area (Å²) in [6.45, 7) is 4.03. The van der Waals surface area contributed by atoms with Gasteiger partial charge in [-0.05, 0) is 19.1 Å². The van der Waals surface area contributed by atoms with Gasteiger partial charge in [0.05, 0.1) is 12.7 Å². The van der Waals surface area contributed by atoms with Crippen LogP contribution < -0.4 is 15.4 Å². The summed E-state index contributed by atoms with van der Waals surface area (Å²) in [7, 11) is 1.51. The molecule has 0 radical (unpaired) electrons. The number of carbonyl (C=O) groups excluding carboxylic acids is 3. The SMILES string of the molecule is COc1ccc(C)cc1C(=O)CCC(=O)NCCNC(C)=O. The number of benzene rings is 1. The quantitative estimate of drug-likeness (QED) is 0.558. The van der Waals surface area contributed by atoms with Crippen molar-refractivity contribution >= 4 is 17.6 Å².